The molecule has 0 aliphatic heterocycles. The summed E-state index contributed by atoms with van der Waals surface area (Å²) in [7, 11) is -28.9. The molecule has 446 valence electrons. The lowest BCUT2D eigenvalue weighted by Crippen LogP contribution is -2.92. The van der Waals surface area contributed by atoms with Gasteiger partial charge in [0.2, 0.25) is 0 Å². The summed E-state index contributed by atoms with van der Waals surface area (Å²) >= 11 is 0. The minimum atomic E-state index is -3.62. The molecule has 0 heterocycles. The minimum Gasteiger partial charge on any atom is -0.0730 e. The van der Waals surface area contributed by atoms with Crippen LogP contribution < -0.4 is 77.8 Å². The van der Waals surface area contributed by atoms with Crippen molar-refractivity contribution < 1.29 is 0 Å². The summed E-state index contributed by atoms with van der Waals surface area (Å²) in [5.41, 5.74) is 10.2. The maximum atomic E-state index is 3.04. The smallest absolute Gasteiger partial charge is 0.0730 e. The van der Waals surface area contributed by atoms with Crippen molar-refractivity contribution in [3.05, 3.63) is 39.5 Å². The molecule has 1 atom stereocenters. The van der Waals surface area contributed by atoms with E-state index in [1.165, 1.54) is 0 Å². The van der Waals surface area contributed by atoms with Gasteiger partial charge in [-0.05, 0) is 62.7 Å². The van der Waals surface area contributed by atoms with E-state index in [0.29, 0.717) is 0 Å². The van der Waals surface area contributed by atoms with E-state index < -0.39 is 105 Å². The molecule has 0 saturated heterocycles. The molecular weight excluding hydrogens is 1160 g/mol. The predicted molar refractivity (Wildman–Crippen MR) is 414 cm³/mol. The molecule has 0 aromatic heterocycles. The molecule has 1 unspecified atom stereocenters. The molecule has 3 aromatic carbocycles. The summed E-state index contributed by atoms with van der Waals surface area (Å²) in [5, 5.41) is 28.8. The first kappa shape index (κ1) is 71.4. The Hall–Kier alpha value is -0.0405. The zero-order chi connectivity index (χ0) is 62.8. The molecule has 3 aromatic rings. The molecule has 0 amide bonds. The summed E-state index contributed by atoms with van der Waals surface area (Å²) in [5.74, 6) is 0. The number of allylic oxidation sites excluding steroid dienone is 4. The van der Waals surface area contributed by atoms with Crippen LogP contribution in [0.5, 0.6) is 0 Å². The Morgan fingerprint density at radius 2 is 0.354 bits per heavy atom. The van der Waals surface area contributed by atoms with Crippen molar-refractivity contribution in [2.45, 2.75) is 289 Å². The third-order valence-electron chi connectivity index (χ3n) is 18.6. The fourth-order valence-corrected chi connectivity index (χ4v) is 72.8. The van der Waals surface area contributed by atoms with Crippen molar-refractivity contribution in [3.63, 3.8) is 0 Å². The summed E-state index contributed by atoms with van der Waals surface area (Å²) in [6.45, 7) is 120. The number of rotatable bonds is 16. The topological polar surface area (TPSA) is 0 Å². The second-order valence-corrected chi connectivity index (χ2v) is 103. The third kappa shape index (κ3) is 12.5. The van der Waals surface area contributed by atoms with Gasteiger partial charge in [0.1, 0.15) is 0 Å². The quantitative estimate of drug-likeness (QED) is 0.0990. The normalized spacial score (nSPS) is 17.6. The van der Waals surface area contributed by atoms with Crippen molar-refractivity contribution in [2.75, 3.05) is 0 Å². The third-order valence-corrected chi connectivity index (χ3v) is 52.2. The van der Waals surface area contributed by atoms with Gasteiger partial charge in [-0.3, -0.25) is 0 Å². The molecular formula is C66H130Si13. The van der Waals surface area contributed by atoms with Gasteiger partial charge in [-0.2, -0.15) is 0 Å². The van der Waals surface area contributed by atoms with Crippen LogP contribution in [0, 0.1) is 20.8 Å². The van der Waals surface area contributed by atoms with Crippen molar-refractivity contribution >= 4 is 183 Å². The average molecular weight is 1290 g/mol. The van der Waals surface area contributed by atoms with Crippen LogP contribution >= 0.6 is 0 Å². The van der Waals surface area contributed by atoms with E-state index >= 15 is 0 Å². The summed E-state index contributed by atoms with van der Waals surface area (Å²) in [6, 6.07) is 0. The largest absolute Gasteiger partial charge is 0.162 e. The number of hydrogen-bond donors (Lipinski definition) is 0. The monoisotopic (exact) mass is 1290 g/mol. The molecule has 4 rings (SSSR count). The maximum absolute atomic E-state index is 3.62. The molecule has 0 saturated carbocycles. The van der Waals surface area contributed by atoms with E-state index in [4.69, 9.17) is 0 Å². The molecule has 0 N–H and O–H groups in total. The predicted octanol–water partition coefficient (Wildman–Crippen LogP) is 12.7. The highest BCUT2D eigenvalue weighted by atomic mass is 28.4. The first-order valence-corrected chi connectivity index (χ1v) is 75.3. The molecule has 1 aliphatic rings. The molecule has 0 radical (unpaired) electrons. The van der Waals surface area contributed by atoms with Gasteiger partial charge in [0.25, 0.3) is 0 Å². The van der Waals surface area contributed by atoms with Crippen LogP contribution in [0.4, 0.5) is 0 Å². The summed E-state index contributed by atoms with van der Waals surface area (Å²) in [4.78, 5) is 0. The van der Waals surface area contributed by atoms with Crippen molar-refractivity contribution in [1.29, 1.82) is 0 Å². The summed E-state index contributed by atoms with van der Waals surface area (Å²) in [6.07, 6.45) is 3.04. The lowest BCUT2D eigenvalue weighted by Gasteiger charge is -2.57. The molecule has 13 heteroatoms. The van der Waals surface area contributed by atoms with Gasteiger partial charge in [0.05, 0.1) is 96.9 Å². The Kier molecular flexibility index (Phi) is 19.1. The Morgan fingerprint density at radius 3 is 0.481 bits per heavy atom. The van der Waals surface area contributed by atoms with Gasteiger partial charge >= 0.3 is 0 Å². The van der Waals surface area contributed by atoms with Crippen LogP contribution in [0.3, 0.4) is 0 Å². The fourth-order valence-electron chi connectivity index (χ4n) is 16.5. The maximum Gasteiger partial charge on any atom is 0.162 e. The Morgan fingerprint density at radius 1 is 0.215 bits per heavy atom. The molecule has 0 spiro atoms. The molecule has 0 nitrogen and oxygen atoms in total. The van der Waals surface area contributed by atoms with Crippen LogP contribution in [0.1, 0.15) is 44.4 Å². The van der Waals surface area contributed by atoms with E-state index in [9.17, 15) is 0 Å². The van der Waals surface area contributed by atoms with Crippen LogP contribution in [0.15, 0.2) is 22.8 Å². The zero-order valence-corrected chi connectivity index (χ0v) is 74.1. The first-order valence-electron chi connectivity index (χ1n) is 31.3. The van der Waals surface area contributed by atoms with Crippen LogP contribution in [0.25, 0.3) is 0 Å². The van der Waals surface area contributed by atoms with Crippen molar-refractivity contribution in [2.24, 2.45) is 0 Å². The molecule has 0 bridgehead atoms. The lowest BCUT2D eigenvalue weighted by atomic mass is 10.0. The second kappa shape index (κ2) is 21.1. The lowest BCUT2D eigenvalue weighted by molar-refractivity contribution is 0.870. The van der Waals surface area contributed by atoms with Crippen LogP contribution in [-0.4, -0.2) is 105 Å². The minimum absolute atomic E-state index is 0.255. The van der Waals surface area contributed by atoms with E-state index in [2.05, 4.69) is 290 Å². The average Bonchev–Trinajstić information content (AvgIpc) is 3.35. The molecule has 1 aliphatic carbocycles. The van der Waals surface area contributed by atoms with Gasteiger partial charge in [-0.25, -0.2) is 0 Å². The standard InChI is InChI=1S/C66H130Si13/c1-45-44-66(7,50(6)46(45)2)79(54-47(3)51(67(8,9)10)57(70(17,18)19)63(76(35,36)37)60(54)73(26,27)28,55-48(4)52(68(11,12)13)58(71(20,21)22)64(77(38,39)40)61(55)74(29,30)31)56-49(5)53(69(14,15)16)59(72(23,24)25)65(78(41,42)43)62(56)75(32,33)34/h44H,1-43H3. The SMILES string of the molecule is CC1=CC(C)([Si](c2c(C)c([Si](C)(C)C)c([Si](C)(C)C)c([Si](C)(C)C)c2[Si](C)(C)C)(c2c(C)c([Si](C)(C)C)c([Si](C)(C)C)c([Si](C)(C)C)c2[Si](C)(C)C)c2c(C)c([Si](C)(C)C)c([Si](C)(C)C)c([Si](C)(C)C)c2[Si](C)(C)C)C(C)=C1C. The van der Waals surface area contributed by atoms with Crippen molar-refractivity contribution in [3.8, 4) is 0 Å². The highest BCUT2D eigenvalue weighted by Gasteiger charge is 2.65. The number of hydrogen-bond acceptors (Lipinski definition) is 0. The Balaban J connectivity index is 3.35. The van der Waals surface area contributed by atoms with Gasteiger partial charge in [-0.1, -0.05) is 339 Å². The first-order chi connectivity index (χ1) is 34.3. The molecule has 0 fully saturated rings. The van der Waals surface area contributed by atoms with E-state index in [-0.39, 0.29) is 5.04 Å². The Bertz CT molecular complexity index is 2700. The fraction of sp³-hybridized carbons (Fsp3) is 0.667. The van der Waals surface area contributed by atoms with Crippen LogP contribution in [-0.2, 0) is 0 Å². The van der Waals surface area contributed by atoms with Crippen LogP contribution in [0.2, 0.25) is 241 Å². The van der Waals surface area contributed by atoms with E-state index in [1.807, 2.05) is 77.8 Å². The Labute approximate surface area is 507 Å². The summed E-state index contributed by atoms with van der Waals surface area (Å²) < 4.78 is 0. The molecule has 79 heavy (non-hydrogen) atoms. The van der Waals surface area contributed by atoms with Crippen molar-refractivity contribution in [1.82, 2.24) is 0 Å². The van der Waals surface area contributed by atoms with Gasteiger partial charge < -0.3 is 0 Å². The zero-order valence-electron chi connectivity index (χ0n) is 61.1. The second-order valence-electron chi connectivity index (χ2n) is 38.5. The number of benzene rings is 3. The van der Waals surface area contributed by atoms with Gasteiger partial charge in [0, 0.05) is 5.04 Å². The van der Waals surface area contributed by atoms with E-state index in [1.54, 1.807) is 33.4 Å². The van der Waals surface area contributed by atoms with Gasteiger partial charge in [0.15, 0.2) is 8.07 Å². The highest BCUT2D eigenvalue weighted by molar-refractivity contribution is 7.25. The highest BCUT2D eigenvalue weighted by Crippen LogP contribution is 2.53. The van der Waals surface area contributed by atoms with E-state index in [0.717, 1.165) is 0 Å². The van der Waals surface area contributed by atoms with Gasteiger partial charge in [-0.15, -0.1) is 0 Å².